The van der Waals surface area contributed by atoms with Crippen molar-refractivity contribution in [3.63, 3.8) is 0 Å². The lowest BCUT2D eigenvalue weighted by Crippen LogP contribution is -2.27. The van der Waals surface area contributed by atoms with Gasteiger partial charge in [0.05, 0.1) is 0 Å². The zero-order valence-corrected chi connectivity index (χ0v) is 11.6. The molecule has 1 amide bonds. The second kappa shape index (κ2) is 5.81. The highest BCUT2D eigenvalue weighted by Crippen LogP contribution is 2.10. The van der Waals surface area contributed by atoms with Gasteiger partial charge < -0.3 is 9.88 Å². The number of amides is 1. The second-order valence-corrected chi connectivity index (χ2v) is 4.89. The van der Waals surface area contributed by atoms with Crippen LogP contribution in [0.3, 0.4) is 0 Å². The topological polar surface area (TPSA) is 51.1 Å². The van der Waals surface area contributed by atoms with Crippen LogP contribution in [0.5, 0.6) is 0 Å². The summed E-state index contributed by atoms with van der Waals surface area (Å²) in [7, 11) is 0. The lowest BCUT2D eigenvalue weighted by Gasteiger charge is -2.08. The Morgan fingerprint density at radius 3 is 2.55 bits per heavy atom. The van der Waals surface area contributed by atoms with Crippen LogP contribution in [0.25, 0.3) is 10.8 Å². The van der Waals surface area contributed by atoms with Crippen molar-refractivity contribution in [3.8, 4) is 0 Å². The molecule has 3 rings (SSSR count). The molecule has 1 aromatic heterocycles. The van der Waals surface area contributed by atoms with Crippen molar-refractivity contribution in [1.82, 2.24) is 4.57 Å². The molecule has 0 saturated carbocycles. The van der Waals surface area contributed by atoms with Crippen molar-refractivity contribution < 1.29 is 9.18 Å². The molecule has 0 spiro atoms. The van der Waals surface area contributed by atoms with Crippen molar-refractivity contribution in [2.75, 3.05) is 5.32 Å². The highest BCUT2D eigenvalue weighted by atomic mass is 19.1. The van der Waals surface area contributed by atoms with E-state index in [9.17, 15) is 14.0 Å². The fourth-order valence-electron chi connectivity index (χ4n) is 2.24. The highest BCUT2D eigenvalue weighted by molar-refractivity contribution is 5.90. The zero-order valence-electron chi connectivity index (χ0n) is 11.6. The van der Waals surface area contributed by atoms with Gasteiger partial charge in [-0.05, 0) is 41.8 Å². The van der Waals surface area contributed by atoms with Gasteiger partial charge in [0.25, 0.3) is 5.56 Å². The molecule has 110 valence electrons. The number of benzene rings is 2. The molecule has 0 aliphatic carbocycles. The van der Waals surface area contributed by atoms with E-state index in [1.807, 2.05) is 12.1 Å². The molecule has 2 aromatic carbocycles. The predicted molar refractivity (Wildman–Crippen MR) is 83.2 cm³/mol. The van der Waals surface area contributed by atoms with Crippen molar-refractivity contribution in [1.29, 1.82) is 0 Å². The number of nitrogens with zero attached hydrogens (tertiary/aromatic N) is 1. The number of anilines is 1. The van der Waals surface area contributed by atoms with Gasteiger partial charge in [0.1, 0.15) is 12.4 Å². The summed E-state index contributed by atoms with van der Waals surface area (Å²) >= 11 is 0. The van der Waals surface area contributed by atoms with Gasteiger partial charge in [0.2, 0.25) is 5.91 Å². The normalized spacial score (nSPS) is 10.6. The van der Waals surface area contributed by atoms with E-state index in [0.717, 1.165) is 5.39 Å². The number of rotatable bonds is 3. The van der Waals surface area contributed by atoms with Crippen molar-refractivity contribution >= 4 is 22.4 Å². The summed E-state index contributed by atoms with van der Waals surface area (Å²) in [5, 5.41) is 4.03. The molecular formula is C17H13FN2O2. The van der Waals surface area contributed by atoms with Gasteiger partial charge in [0.15, 0.2) is 0 Å². The molecule has 4 nitrogen and oxygen atoms in total. The van der Waals surface area contributed by atoms with Gasteiger partial charge in [-0.15, -0.1) is 0 Å². The van der Waals surface area contributed by atoms with E-state index in [4.69, 9.17) is 0 Å². The minimum atomic E-state index is -0.372. The molecular weight excluding hydrogens is 283 g/mol. The Bertz CT molecular complexity index is 885. The third-order valence-corrected chi connectivity index (χ3v) is 3.33. The van der Waals surface area contributed by atoms with E-state index in [2.05, 4.69) is 5.32 Å². The minimum Gasteiger partial charge on any atom is -0.325 e. The Kier molecular flexibility index (Phi) is 3.70. The molecule has 22 heavy (non-hydrogen) atoms. The van der Waals surface area contributed by atoms with Gasteiger partial charge in [-0.1, -0.05) is 18.2 Å². The highest BCUT2D eigenvalue weighted by Gasteiger charge is 2.07. The number of pyridine rings is 1. The van der Waals surface area contributed by atoms with Crippen molar-refractivity contribution in [2.24, 2.45) is 0 Å². The maximum absolute atomic E-state index is 12.8. The molecule has 5 heteroatoms. The number of carbonyl (C=O) groups excluding carboxylic acids is 1. The summed E-state index contributed by atoms with van der Waals surface area (Å²) in [5.41, 5.74) is 0.271. The van der Waals surface area contributed by atoms with Gasteiger partial charge in [-0.3, -0.25) is 9.59 Å². The van der Waals surface area contributed by atoms with E-state index < -0.39 is 0 Å². The van der Waals surface area contributed by atoms with Crippen LogP contribution in [0.2, 0.25) is 0 Å². The third-order valence-electron chi connectivity index (χ3n) is 3.33. The van der Waals surface area contributed by atoms with Crippen LogP contribution >= 0.6 is 0 Å². The van der Waals surface area contributed by atoms with Gasteiger partial charge in [-0.2, -0.15) is 0 Å². The molecule has 0 bridgehead atoms. The second-order valence-electron chi connectivity index (χ2n) is 4.89. The summed E-state index contributed by atoms with van der Waals surface area (Å²) in [6.07, 6.45) is 1.59. The summed E-state index contributed by atoms with van der Waals surface area (Å²) < 4.78 is 14.2. The fraction of sp³-hybridized carbons (Fsp3) is 0.0588. The number of halogens is 1. The average molecular weight is 296 g/mol. The summed E-state index contributed by atoms with van der Waals surface area (Å²) in [5.74, 6) is -0.715. The van der Waals surface area contributed by atoms with Crippen LogP contribution in [0, 0.1) is 5.82 Å². The van der Waals surface area contributed by atoms with Gasteiger partial charge in [0, 0.05) is 17.3 Å². The SMILES string of the molecule is O=C(Cn1ccc2ccccc2c1=O)Nc1ccc(F)cc1. The minimum absolute atomic E-state index is 0.0962. The molecule has 0 saturated heterocycles. The van der Waals surface area contributed by atoms with Crippen molar-refractivity contribution in [3.05, 3.63) is 77.0 Å². The molecule has 0 unspecified atom stereocenters. The first-order valence-corrected chi connectivity index (χ1v) is 6.77. The summed E-state index contributed by atoms with van der Waals surface area (Å²) in [6, 6.07) is 14.5. The quantitative estimate of drug-likeness (QED) is 0.808. The number of aromatic nitrogens is 1. The Labute approximate surface area is 125 Å². The zero-order chi connectivity index (χ0) is 15.5. The molecule has 1 N–H and O–H groups in total. The first-order valence-electron chi connectivity index (χ1n) is 6.77. The maximum atomic E-state index is 12.8. The Balaban J connectivity index is 1.81. The number of hydrogen-bond donors (Lipinski definition) is 1. The fourth-order valence-corrected chi connectivity index (χ4v) is 2.24. The van der Waals surface area contributed by atoms with E-state index in [0.29, 0.717) is 11.1 Å². The Hall–Kier alpha value is -2.95. The van der Waals surface area contributed by atoms with Crippen LogP contribution < -0.4 is 10.9 Å². The van der Waals surface area contributed by atoms with E-state index >= 15 is 0 Å². The number of hydrogen-bond acceptors (Lipinski definition) is 2. The first kappa shape index (κ1) is 14.0. The van der Waals surface area contributed by atoms with Crippen LogP contribution in [-0.2, 0) is 11.3 Å². The molecule has 0 atom stereocenters. The monoisotopic (exact) mass is 296 g/mol. The standard InChI is InChI=1S/C17H13FN2O2/c18-13-5-7-14(8-6-13)19-16(21)11-20-10-9-12-3-1-2-4-15(12)17(20)22/h1-10H,11H2,(H,19,21). The first-order chi connectivity index (χ1) is 10.6. The smallest absolute Gasteiger partial charge is 0.258 e. The molecule has 3 aromatic rings. The predicted octanol–water partition coefficient (Wildman–Crippen LogP) is 2.78. The third kappa shape index (κ3) is 2.88. The summed E-state index contributed by atoms with van der Waals surface area (Å²) in [4.78, 5) is 24.3. The number of nitrogens with one attached hydrogen (secondary N) is 1. The van der Waals surface area contributed by atoms with Crippen LogP contribution in [0.15, 0.2) is 65.6 Å². The molecule has 0 aliphatic heterocycles. The number of fused-ring (bicyclic) bond motifs is 1. The van der Waals surface area contributed by atoms with E-state index in [1.54, 1.807) is 24.4 Å². The van der Waals surface area contributed by atoms with Crippen LogP contribution in [0.4, 0.5) is 10.1 Å². The molecule has 1 heterocycles. The van der Waals surface area contributed by atoms with Gasteiger partial charge in [-0.25, -0.2) is 4.39 Å². The molecule has 0 radical (unpaired) electrons. The van der Waals surface area contributed by atoms with E-state index in [1.165, 1.54) is 28.8 Å². The Morgan fingerprint density at radius 1 is 1.05 bits per heavy atom. The van der Waals surface area contributed by atoms with Gasteiger partial charge >= 0.3 is 0 Å². The van der Waals surface area contributed by atoms with E-state index in [-0.39, 0.29) is 23.8 Å². The maximum Gasteiger partial charge on any atom is 0.258 e. The summed E-state index contributed by atoms with van der Waals surface area (Å²) in [6.45, 7) is -0.0962. The number of carbonyl (C=O) groups is 1. The Morgan fingerprint density at radius 2 is 1.77 bits per heavy atom. The lowest BCUT2D eigenvalue weighted by atomic mass is 10.2. The largest absolute Gasteiger partial charge is 0.325 e. The molecule has 0 aliphatic rings. The molecule has 0 fully saturated rings. The van der Waals surface area contributed by atoms with Crippen LogP contribution in [0.1, 0.15) is 0 Å². The average Bonchev–Trinajstić information content (AvgIpc) is 2.53. The lowest BCUT2D eigenvalue weighted by molar-refractivity contribution is -0.116. The van der Waals surface area contributed by atoms with Crippen LogP contribution in [-0.4, -0.2) is 10.5 Å². The van der Waals surface area contributed by atoms with Crippen molar-refractivity contribution in [2.45, 2.75) is 6.54 Å².